The summed E-state index contributed by atoms with van der Waals surface area (Å²) in [7, 11) is 0. The number of hydrogen-bond acceptors (Lipinski definition) is 9. The van der Waals surface area contributed by atoms with Gasteiger partial charge in [0.25, 0.3) is 17.7 Å². The van der Waals surface area contributed by atoms with Crippen LogP contribution in [0.2, 0.25) is 0 Å². The molecule has 1 N–H and O–H groups in total. The van der Waals surface area contributed by atoms with Gasteiger partial charge in [-0.15, -0.1) is 0 Å². The van der Waals surface area contributed by atoms with Gasteiger partial charge in [0.15, 0.2) is 6.61 Å². The van der Waals surface area contributed by atoms with Gasteiger partial charge in [0, 0.05) is 0 Å². The number of rotatable bonds is 6. The summed E-state index contributed by atoms with van der Waals surface area (Å²) in [5.74, 6) is -1.91. The van der Waals surface area contributed by atoms with Crippen LogP contribution in [-0.2, 0) is 16.1 Å². The van der Waals surface area contributed by atoms with Crippen molar-refractivity contribution in [2.75, 3.05) is 11.9 Å². The normalized spacial score (nSPS) is 12.8. The third kappa shape index (κ3) is 3.85. The minimum atomic E-state index is -0.800. The van der Waals surface area contributed by atoms with Gasteiger partial charge in [0.2, 0.25) is 0 Å². The molecule has 3 amide bonds. The van der Waals surface area contributed by atoms with Crippen molar-refractivity contribution in [1.82, 2.24) is 13.6 Å². The van der Waals surface area contributed by atoms with Crippen LogP contribution in [0, 0.1) is 0 Å². The van der Waals surface area contributed by atoms with Crippen LogP contribution in [0.4, 0.5) is 5.69 Å². The standard InChI is InChI=1S/C22H14N4O6S/c27-18(23-16-4-1-5-17-19(16)25-33-24-17)11-32-22(30)12-6-7-14-15(9-12)21(29)26(20(14)28)10-13-3-2-8-31-13/h1-9H,10-11H2,(H,23,27). The fourth-order valence-electron chi connectivity index (χ4n) is 3.43. The number of nitrogens with zero attached hydrogens (tertiary/aromatic N) is 3. The van der Waals surface area contributed by atoms with E-state index in [1.165, 1.54) is 24.5 Å². The lowest BCUT2D eigenvalue weighted by Gasteiger charge is -2.11. The minimum absolute atomic E-state index is 0.0133. The summed E-state index contributed by atoms with van der Waals surface area (Å²) in [6, 6.07) is 12.5. The highest BCUT2D eigenvalue weighted by Crippen LogP contribution is 2.26. The van der Waals surface area contributed by atoms with Crippen molar-refractivity contribution >= 4 is 52.1 Å². The molecule has 2 aromatic heterocycles. The molecule has 10 nitrogen and oxygen atoms in total. The molecule has 0 saturated heterocycles. The van der Waals surface area contributed by atoms with Crippen LogP contribution in [-0.4, -0.2) is 43.9 Å². The van der Waals surface area contributed by atoms with Gasteiger partial charge < -0.3 is 14.5 Å². The molecule has 5 rings (SSSR count). The average Bonchev–Trinajstić information content (AvgIpc) is 3.56. The van der Waals surface area contributed by atoms with Crippen LogP contribution in [0.3, 0.4) is 0 Å². The summed E-state index contributed by atoms with van der Waals surface area (Å²) in [5, 5.41) is 2.63. The molecule has 2 aromatic carbocycles. The number of carbonyl (C=O) groups is 4. The number of nitrogens with one attached hydrogen (secondary N) is 1. The Balaban J connectivity index is 1.24. The second-order valence-corrected chi connectivity index (χ2v) is 7.63. The lowest BCUT2D eigenvalue weighted by Crippen LogP contribution is -2.28. The van der Waals surface area contributed by atoms with Crippen LogP contribution in [0.1, 0.15) is 36.8 Å². The van der Waals surface area contributed by atoms with Crippen LogP contribution in [0.5, 0.6) is 0 Å². The number of hydrogen-bond donors (Lipinski definition) is 1. The van der Waals surface area contributed by atoms with Gasteiger partial charge in [-0.2, -0.15) is 8.75 Å². The molecule has 0 atom stereocenters. The Bertz CT molecular complexity index is 1410. The number of amides is 3. The lowest BCUT2D eigenvalue weighted by molar-refractivity contribution is -0.119. The molecule has 1 aliphatic heterocycles. The molecule has 33 heavy (non-hydrogen) atoms. The second-order valence-electron chi connectivity index (χ2n) is 7.10. The van der Waals surface area contributed by atoms with Gasteiger partial charge >= 0.3 is 5.97 Å². The van der Waals surface area contributed by atoms with Gasteiger partial charge in [-0.05, 0) is 42.5 Å². The van der Waals surface area contributed by atoms with E-state index in [0.717, 1.165) is 16.6 Å². The smallest absolute Gasteiger partial charge is 0.338 e. The van der Waals surface area contributed by atoms with Crippen LogP contribution < -0.4 is 5.32 Å². The molecule has 0 unspecified atom stereocenters. The maximum absolute atomic E-state index is 12.7. The minimum Gasteiger partial charge on any atom is -0.467 e. The van der Waals surface area contributed by atoms with E-state index in [9.17, 15) is 19.2 Å². The molecule has 164 valence electrons. The first-order valence-corrected chi connectivity index (χ1v) is 10.4. The molecule has 11 heteroatoms. The van der Waals surface area contributed by atoms with Crippen molar-refractivity contribution in [2.24, 2.45) is 0 Å². The number of aromatic nitrogens is 2. The Morgan fingerprint density at radius 3 is 2.70 bits per heavy atom. The fourth-order valence-corrected chi connectivity index (χ4v) is 3.98. The van der Waals surface area contributed by atoms with Gasteiger partial charge in [0.05, 0.1) is 46.9 Å². The lowest BCUT2D eigenvalue weighted by atomic mass is 10.1. The third-order valence-electron chi connectivity index (χ3n) is 4.99. The van der Waals surface area contributed by atoms with E-state index in [4.69, 9.17) is 9.15 Å². The van der Waals surface area contributed by atoms with E-state index in [1.807, 2.05) is 0 Å². The van der Waals surface area contributed by atoms with E-state index in [-0.39, 0.29) is 23.2 Å². The molecular formula is C22H14N4O6S. The molecule has 0 spiro atoms. The predicted octanol–water partition coefficient (Wildman–Crippen LogP) is 2.88. The van der Waals surface area contributed by atoms with Crippen molar-refractivity contribution in [3.8, 4) is 0 Å². The Kier molecular flexibility index (Phi) is 5.15. The number of carbonyl (C=O) groups excluding carboxylic acids is 4. The molecule has 0 radical (unpaired) electrons. The monoisotopic (exact) mass is 462 g/mol. The molecule has 0 bridgehead atoms. The Morgan fingerprint density at radius 1 is 1.03 bits per heavy atom. The van der Waals surface area contributed by atoms with Crippen molar-refractivity contribution in [1.29, 1.82) is 0 Å². The first-order valence-electron chi connectivity index (χ1n) is 9.72. The van der Waals surface area contributed by atoms with Crippen LogP contribution in [0.25, 0.3) is 11.0 Å². The summed E-state index contributed by atoms with van der Waals surface area (Å²) in [4.78, 5) is 51.0. The van der Waals surface area contributed by atoms with Crippen molar-refractivity contribution in [3.63, 3.8) is 0 Å². The number of imide groups is 1. The summed E-state index contributed by atoms with van der Waals surface area (Å²) in [6.07, 6.45) is 1.45. The molecular weight excluding hydrogens is 448 g/mol. The van der Waals surface area contributed by atoms with Crippen LogP contribution >= 0.6 is 11.7 Å². The van der Waals surface area contributed by atoms with Gasteiger partial charge in [0.1, 0.15) is 16.8 Å². The Labute approximate surface area is 190 Å². The summed E-state index contributed by atoms with van der Waals surface area (Å²) in [6.45, 7) is -0.554. The zero-order chi connectivity index (χ0) is 22.9. The van der Waals surface area contributed by atoms with E-state index < -0.39 is 30.3 Å². The molecule has 3 heterocycles. The summed E-state index contributed by atoms with van der Waals surface area (Å²) < 4.78 is 18.5. The van der Waals surface area contributed by atoms with E-state index >= 15 is 0 Å². The van der Waals surface area contributed by atoms with Crippen molar-refractivity contribution in [2.45, 2.75) is 6.54 Å². The number of ether oxygens (including phenoxy) is 1. The number of fused-ring (bicyclic) bond motifs is 2. The molecule has 1 aliphatic rings. The topological polar surface area (TPSA) is 132 Å². The first kappa shape index (κ1) is 20.5. The molecule has 0 saturated carbocycles. The van der Waals surface area contributed by atoms with Gasteiger partial charge in [-0.25, -0.2) is 4.79 Å². The fraction of sp³-hybridized carbons (Fsp3) is 0.0909. The van der Waals surface area contributed by atoms with Crippen molar-refractivity contribution in [3.05, 3.63) is 77.2 Å². The molecule has 0 aliphatic carbocycles. The maximum atomic E-state index is 12.7. The number of anilines is 1. The van der Waals surface area contributed by atoms with Crippen molar-refractivity contribution < 1.29 is 28.3 Å². The van der Waals surface area contributed by atoms with E-state index in [0.29, 0.717) is 22.5 Å². The SMILES string of the molecule is O=C(COC(=O)c1ccc2c(c1)C(=O)N(Cc1ccco1)C2=O)Nc1cccc2nsnc12. The average molecular weight is 462 g/mol. The van der Waals surface area contributed by atoms with E-state index in [1.54, 1.807) is 30.3 Å². The summed E-state index contributed by atoms with van der Waals surface area (Å²) in [5.41, 5.74) is 1.98. The number of furan rings is 1. The number of benzene rings is 2. The maximum Gasteiger partial charge on any atom is 0.338 e. The molecule has 4 aromatic rings. The van der Waals surface area contributed by atoms with Crippen LogP contribution in [0.15, 0.2) is 59.2 Å². The quantitative estimate of drug-likeness (QED) is 0.342. The largest absolute Gasteiger partial charge is 0.467 e. The number of esters is 1. The highest BCUT2D eigenvalue weighted by molar-refractivity contribution is 7.00. The first-order chi connectivity index (χ1) is 16.0. The second kappa shape index (κ2) is 8.28. The van der Waals surface area contributed by atoms with E-state index in [2.05, 4.69) is 14.1 Å². The summed E-state index contributed by atoms with van der Waals surface area (Å²) >= 11 is 1.02. The van der Waals surface area contributed by atoms with Gasteiger partial charge in [-0.1, -0.05) is 6.07 Å². The predicted molar refractivity (Wildman–Crippen MR) is 116 cm³/mol. The highest BCUT2D eigenvalue weighted by Gasteiger charge is 2.36. The Morgan fingerprint density at radius 2 is 1.88 bits per heavy atom. The Hall–Kier alpha value is -4.38. The third-order valence-corrected chi connectivity index (χ3v) is 5.54. The van der Waals surface area contributed by atoms with Gasteiger partial charge in [-0.3, -0.25) is 19.3 Å². The molecule has 0 fully saturated rings. The zero-order valence-corrected chi connectivity index (χ0v) is 17.6. The highest BCUT2D eigenvalue weighted by atomic mass is 32.1. The zero-order valence-electron chi connectivity index (χ0n) is 16.8.